The molecule has 1 saturated heterocycles. The van der Waals surface area contributed by atoms with Gasteiger partial charge in [0, 0.05) is 31.9 Å². The lowest BCUT2D eigenvalue weighted by atomic mass is 10.2. The Labute approximate surface area is 180 Å². The van der Waals surface area contributed by atoms with Gasteiger partial charge in [0.1, 0.15) is 5.00 Å². The van der Waals surface area contributed by atoms with Crippen molar-refractivity contribution >= 4 is 39.7 Å². The van der Waals surface area contributed by atoms with Gasteiger partial charge in [-0.25, -0.2) is 0 Å². The van der Waals surface area contributed by atoms with Crippen LogP contribution in [0.3, 0.4) is 0 Å². The van der Waals surface area contributed by atoms with Crippen LogP contribution in [0.1, 0.15) is 22.8 Å². The van der Waals surface area contributed by atoms with Crippen LogP contribution < -0.4 is 16.4 Å². The number of hydrogen-bond acceptors (Lipinski definition) is 6. The van der Waals surface area contributed by atoms with Crippen LogP contribution in [0.4, 0.5) is 10.7 Å². The second-order valence-electron chi connectivity index (χ2n) is 7.42. The van der Waals surface area contributed by atoms with Gasteiger partial charge in [0.05, 0.1) is 18.2 Å². The van der Waals surface area contributed by atoms with Crippen LogP contribution in [0.15, 0.2) is 35.7 Å². The van der Waals surface area contributed by atoms with E-state index >= 15 is 0 Å². The third-order valence-electron chi connectivity index (χ3n) is 5.20. The molecular formula is C21H27N5O3S. The number of carbonyl (C=O) groups excluding carboxylic acids is 3. The van der Waals surface area contributed by atoms with E-state index in [1.807, 2.05) is 38.1 Å². The summed E-state index contributed by atoms with van der Waals surface area (Å²) >= 11 is 1.27. The average Bonchev–Trinajstić information content (AvgIpc) is 3.18. The van der Waals surface area contributed by atoms with Gasteiger partial charge in [0.2, 0.25) is 11.8 Å². The summed E-state index contributed by atoms with van der Waals surface area (Å²) < 4.78 is 0. The molecule has 8 nitrogen and oxygen atoms in total. The minimum Gasteiger partial charge on any atom is -0.366 e. The number of piperazine rings is 1. The zero-order valence-corrected chi connectivity index (χ0v) is 18.0. The predicted octanol–water partition coefficient (Wildman–Crippen LogP) is 1.74. The van der Waals surface area contributed by atoms with Crippen molar-refractivity contribution in [1.82, 2.24) is 9.80 Å². The predicted molar refractivity (Wildman–Crippen MR) is 119 cm³/mol. The second-order valence-corrected chi connectivity index (χ2v) is 8.34. The van der Waals surface area contributed by atoms with Crippen LogP contribution in [-0.2, 0) is 9.59 Å². The monoisotopic (exact) mass is 429 g/mol. The molecule has 1 fully saturated rings. The van der Waals surface area contributed by atoms with Crippen molar-refractivity contribution in [1.29, 1.82) is 0 Å². The molecule has 0 aliphatic carbocycles. The smallest absolute Gasteiger partial charge is 0.251 e. The van der Waals surface area contributed by atoms with Crippen molar-refractivity contribution < 1.29 is 14.4 Å². The average molecular weight is 430 g/mol. The third kappa shape index (κ3) is 5.65. The summed E-state index contributed by atoms with van der Waals surface area (Å²) in [6.45, 7) is 6.92. The number of carbonyl (C=O) groups is 3. The number of amides is 3. The van der Waals surface area contributed by atoms with Crippen LogP contribution in [-0.4, -0.2) is 66.3 Å². The van der Waals surface area contributed by atoms with Crippen LogP contribution in [0, 0.1) is 6.92 Å². The number of thiophene rings is 1. The first-order valence-corrected chi connectivity index (χ1v) is 10.7. The summed E-state index contributed by atoms with van der Waals surface area (Å²) in [7, 11) is 0. The number of primary amides is 1. The first-order chi connectivity index (χ1) is 14.3. The van der Waals surface area contributed by atoms with E-state index in [4.69, 9.17) is 5.73 Å². The highest BCUT2D eigenvalue weighted by atomic mass is 32.1. The van der Waals surface area contributed by atoms with E-state index in [1.54, 1.807) is 11.4 Å². The van der Waals surface area contributed by atoms with E-state index in [-0.39, 0.29) is 17.9 Å². The maximum atomic E-state index is 12.6. The lowest BCUT2D eigenvalue weighted by Crippen LogP contribution is -2.53. The summed E-state index contributed by atoms with van der Waals surface area (Å²) in [5.74, 6) is -0.781. The molecule has 2 aromatic rings. The van der Waals surface area contributed by atoms with E-state index in [2.05, 4.69) is 20.4 Å². The molecule has 3 rings (SSSR count). The molecule has 1 aliphatic rings. The highest BCUT2D eigenvalue weighted by molar-refractivity contribution is 7.14. The quantitative estimate of drug-likeness (QED) is 0.621. The number of anilines is 2. The van der Waals surface area contributed by atoms with Gasteiger partial charge in [-0.2, -0.15) is 0 Å². The van der Waals surface area contributed by atoms with Gasteiger partial charge in [0.15, 0.2) is 0 Å². The number of nitrogens with one attached hydrogen (secondary N) is 2. The molecule has 1 aromatic heterocycles. The fourth-order valence-corrected chi connectivity index (χ4v) is 4.13. The summed E-state index contributed by atoms with van der Waals surface area (Å²) in [5, 5.41) is 7.92. The molecule has 1 aromatic carbocycles. The summed E-state index contributed by atoms with van der Waals surface area (Å²) in [5.41, 5.74) is 7.59. The Kier molecular flexibility index (Phi) is 7.20. The van der Waals surface area contributed by atoms with Crippen molar-refractivity contribution in [3.05, 3.63) is 46.8 Å². The molecule has 2 heterocycles. The summed E-state index contributed by atoms with van der Waals surface area (Å²) in [6.07, 6.45) is 0. The van der Waals surface area contributed by atoms with Gasteiger partial charge >= 0.3 is 0 Å². The molecule has 1 unspecified atom stereocenters. The molecule has 3 amide bonds. The summed E-state index contributed by atoms with van der Waals surface area (Å²) in [6, 6.07) is 8.96. The first kappa shape index (κ1) is 21.9. The Balaban J connectivity index is 1.45. The van der Waals surface area contributed by atoms with Crippen LogP contribution in [0.2, 0.25) is 0 Å². The number of hydrogen-bond donors (Lipinski definition) is 3. The van der Waals surface area contributed by atoms with Crippen molar-refractivity contribution in [2.75, 3.05) is 43.4 Å². The summed E-state index contributed by atoms with van der Waals surface area (Å²) in [4.78, 5) is 40.5. The molecule has 0 spiro atoms. The standard InChI is InChI=1S/C21H27N5O3S/c1-14-3-5-16(6-4-14)23-18(27)13-25-8-10-26(11-9-25)15(2)20(29)24-21-17(19(22)28)7-12-30-21/h3-7,12,15H,8-11,13H2,1-2H3,(H2,22,28)(H,23,27)(H,24,29). The normalized spacial score (nSPS) is 16.1. The van der Waals surface area contributed by atoms with Crippen molar-refractivity contribution in [3.63, 3.8) is 0 Å². The van der Waals surface area contributed by atoms with Crippen LogP contribution in [0.25, 0.3) is 0 Å². The van der Waals surface area contributed by atoms with Gasteiger partial charge < -0.3 is 16.4 Å². The Morgan fingerprint density at radius 1 is 1.07 bits per heavy atom. The van der Waals surface area contributed by atoms with E-state index in [1.165, 1.54) is 11.3 Å². The van der Waals surface area contributed by atoms with Crippen molar-refractivity contribution in [3.8, 4) is 0 Å². The maximum absolute atomic E-state index is 12.6. The van der Waals surface area contributed by atoms with Gasteiger partial charge in [-0.15, -0.1) is 11.3 Å². The Morgan fingerprint density at radius 2 is 1.73 bits per heavy atom. The van der Waals surface area contributed by atoms with Crippen molar-refractivity contribution in [2.45, 2.75) is 19.9 Å². The molecule has 9 heteroatoms. The fourth-order valence-electron chi connectivity index (χ4n) is 3.33. The van der Waals surface area contributed by atoms with E-state index in [9.17, 15) is 14.4 Å². The minimum absolute atomic E-state index is 0.0465. The molecule has 1 atom stereocenters. The topological polar surface area (TPSA) is 108 Å². The van der Waals surface area contributed by atoms with Gasteiger partial charge in [-0.3, -0.25) is 24.2 Å². The highest BCUT2D eigenvalue weighted by Gasteiger charge is 2.27. The maximum Gasteiger partial charge on any atom is 0.251 e. The fraction of sp³-hybridized carbons (Fsp3) is 0.381. The zero-order chi connectivity index (χ0) is 21.7. The Morgan fingerprint density at radius 3 is 2.37 bits per heavy atom. The lowest BCUT2D eigenvalue weighted by Gasteiger charge is -2.37. The third-order valence-corrected chi connectivity index (χ3v) is 6.03. The second kappa shape index (κ2) is 9.84. The molecule has 1 aliphatic heterocycles. The molecular weight excluding hydrogens is 402 g/mol. The number of rotatable bonds is 7. The molecule has 4 N–H and O–H groups in total. The Bertz CT molecular complexity index is 904. The molecule has 0 bridgehead atoms. The Hall–Kier alpha value is -2.75. The van der Waals surface area contributed by atoms with E-state index in [0.717, 1.165) is 11.3 Å². The van der Waals surface area contributed by atoms with Gasteiger partial charge in [-0.05, 0) is 37.4 Å². The van der Waals surface area contributed by atoms with Gasteiger partial charge in [0.25, 0.3) is 5.91 Å². The zero-order valence-electron chi connectivity index (χ0n) is 17.2. The number of benzene rings is 1. The largest absolute Gasteiger partial charge is 0.366 e. The van der Waals surface area contributed by atoms with Crippen LogP contribution >= 0.6 is 11.3 Å². The van der Waals surface area contributed by atoms with Crippen LogP contribution in [0.5, 0.6) is 0 Å². The molecule has 0 saturated carbocycles. The number of nitrogens with two attached hydrogens (primary N) is 1. The molecule has 30 heavy (non-hydrogen) atoms. The lowest BCUT2D eigenvalue weighted by molar-refractivity contribution is -0.122. The highest BCUT2D eigenvalue weighted by Crippen LogP contribution is 2.23. The number of nitrogens with zero attached hydrogens (tertiary/aromatic N) is 2. The minimum atomic E-state index is -0.559. The van der Waals surface area contributed by atoms with Gasteiger partial charge in [-0.1, -0.05) is 17.7 Å². The van der Waals surface area contributed by atoms with E-state index in [0.29, 0.717) is 43.3 Å². The SMILES string of the molecule is Cc1ccc(NC(=O)CN2CCN(C(C)C(=O)Nc3sccc3C(N)=O)CC2)cc1. The van der Waals surface area contributed by atoms with Crippen molar-refractivity contribution in [2.24, 2.45) is 5.73 Å². The molecule has 0 radical (unpaired) electrons. The first-order valence-electron chi connectivity index (χ1n) is 9.84. The number of aryl methyl sites for hydroxylation is 1. The molecule has 160 valence electrons. The van der Waals surface area contributed by atoms with E-state index < -0.39 is 5.91 Å².